The Morgan fingerprint density at radius 3 is 2.71 bits per heavy atom. The Bertz CT molecular complexity index is 1280. The molecule has 156 valence electrons. The molecule has 0 unspecified atom stereocenters. The van der Waals surface area contributed by atoms with E-state index in [2.05, 4.69) is 10.3 Å². The van der Waals surface area contributed by atoms with E-state index in [4.69, 9.17) is 27.6 Å². The number of thioether (sulfide) groups is 1. The average molecular weight is 474 g/mol. The number of nitrogens with one attached hydrogen (secondary N) is 1. The molecule has 3 aromatic rings. The van der Waals surface area contributed by atoms with Gasteiger partial charge in [0.1, 0.15) is 11.5 Å². The summed E-state index contributed by atoms with van der Waals surface area (Å²) in [6, 6.07) is 12.7. The molecule has 0 atom stereocenters. The van der Waals surface area contributed by atoms with Gasteiger partial charge in [0.25, 0.3) is 11.6 Å². The SMILES string of the molecule is Cc1cc(Cl)ccc1N=C1NC(=O)/C(=C/c2ccc(-c3cc([N+](=O)[O-])ccc3Cl)o2)S1. The van der Waals surface area contributed by atoms with Gasteiger partial charge in [-0.15, -0.1) is 0 Å². The fourth-order valence-corrected chi connectivity index (χ4v) is 4.11. The molecule has 1 amide bonds. The summed E-state index contributed by atoms with van der Waals surface area (Å²) < 4.78 is 5.75. The van der Waals surface area contributed by atoms with Crippen LogP contribution in [0.4, 0.5) is 11.4 Å². The van der Waals surface area contributed by atoms with Crippen molar-refractivity contribution in [3.8, 4) is 11.3 Å². The highest BCUT2D eigenvalue weighted by Crippen LogP contribution is 2.34. The number of furan rings is 1. The molecule has 7 nitrogen and oxygen atoms in total. The molecule has 1 N–H and O–H groups in total. The molecule has 1 aromatic heterocycles. The van der Waals surface area contributed by atoms with Gasteiger partial charge in [-0.1, -0.05) is 23.2 Å². The molecule has 31 heavy (non-hydrogen) atoms. The molecule has 1 aliphatic rings. The number of non-ortho nitro benzene ring substituents is 1. The van der Waals surface area contributed by atoms with Gasteiger partial charge in [0.2, 0.25) is 0 Å². The van der Waals surface area contributed by atoms with Gasteiger partial charge < -0.3 is 9.73 Å². The van der Waals surface area contributed by atoms with Gasteiger partial charge in [-0.25, -0.2) is 4.99 Å². The number of hydrogen-bond donors (Lipinski definition) is 1. The molecule has 0 spiro atoms. The highest BCUT2D eigenvalue weighted by atomic mass is 35.5. The number of carbonyl (C=O) groups excluding carboxylic acids is 1. The minimum Gasteiger partial charge on any atom is -0.457 e. The standard InChI is InChI=1S/C21H13Cl2N3O4S/c1-11-8-12(22)2-6-17(11)24-21-25-20(27)19(31-21)10-14-4-7-18(30-14)15-9-13(26(28)29)3-5-16(15)23/h2-10H,1H3,(H,24,25,27)/b19-10-. The summed E-state index contributed by atoms with van der Waals surface area (Å²) in [5, 5.41) is 15.1. The molecule has 1 aliphatic heterocycles. The number of aryl methyl sites for hydroxylation is 1. The van der Waals surface area contributed by atoms with Gasteiger partial charge in [0.15, 0.2) is 5.17 Å². The van der Waals surface area contributed by atoms with Crippen LogP contribution in [0.3, 0.4) is 0 Å². The smallest absolute Gasteiger partial charge is 0.270 e. The van der Waals surface area contributed by atoms with E-state index in [1.807, 2.05) is 6.92 Å². The van der Waals surface area contributed by atoms with Crippen LogP contribution in [0.5, 0.6) is 0 Å². The van der Waals surface area contributed by atoms with Crippen molar-refractivity contribution in [2.75, 3.05) is 0 Å². The van der Waals surface area contributed by atoms with Crippen molar-refractivity contribution in [1.82, 2.24) is 5.32 Å². The van der Waals surface area contributed by atoms with Crippen LogP contribution in [0.2, 0.25) is 10.0 Å². The number of benzene rings is 2. The molecule has 4 rings (SSSR count). The Balaban J connectivity index is 1.58. The number of halogens is 2. The van der Waals surface area contributed by atoms with Crippen LogP contribution in [-0.4, -0.2) is 16.0 Å². The number of rotatable bonds is 4. The topological polar surface area (TPSA) is 97.7 Å². The van der Waals surface area contributed by atoms with Crippen molar-refractivity contribution >= 4 is 63.5 Å². The van der Waals surface area contributed by atoms with Crippen LogP contribution in [0.25, 0.3) is 17.4 Å². The summed E-state index contributed by atoms with van der Waals surface area (Å²) in [6.45, 7) is 1.88. The summed E-state index contributed by atoms with van der Waals surface area (Å²) in [7, 11) is 0. The molecule has 1 saturated heterocycles. The fraction of sp³-hybridized carbons (Fsp3) is 0.0476. The van der Waals surface area contributed by atoms with E-state index >= 15 is 0 Å². The van der Waals surface area contributed by atoms with Crippen molar-refractivity contribution < 1.29 is 14.1 Å². The van der Waals surface area contributed by atoms with E-state index in [0.717, 1.165) is 5.56 Å². The van der Waals surface area contributed by atoms with Crippen LogP contribution < -0.4 is 5.32 Å². The highest BCUT2D eigenvalue weighted by Gasteiger charge is 2.25. The second kappa shape index (κ2) is 8.58. The molecular formula is C21H13Cl2N3O4S. The van der Waals surface area contributed by atoms with Gasteiger partial charge in [0, 0.05) is 28.8 Å². The lowest BCUT2D eigenvalue weighted by Crippen LogP contribution is -2.19. The molecule has 2 aromatic carbocycles. The lowest BCUT2D eigenvalue weighted by Gasteiger charge is -2.01. The highest BCUT2D eigenvalue weighted by molar-refractivity contribution is 8.18. The van der Waals surface area contributed by atoms with E-state index in [1.165, 1.54) is 30.0 Å². The quantitative estimate of drug-likeness (QED) is 0.270. The van der Waals surface area contributed by atoms with E-state index < -0.39 is 4.92 Å². The molecule has 10 heteroatoms. The number of hydrogen-bond acceptors (Lipinski definition) is 6. The maximum Gasteiger partial charge on any atom is 0.270 e. The maximum absolute atomic E-state index is 12.3. The first-order chi connectivity index (χ1) is 14.8. The third-order valence-corrected chi connectivity index (χ3v) is 5.83. The number of nitro benzene ring substituents is 1. The Hall–Kier alpha value is -3.07. The lowest BCUT2D eigenvalue weighted by atomic mass is 10.1. The number of aliphatic imine (C=N–C) groups is 1. The summed E-state index contributed by atoms with van der Waals surface area (Å²) in [5.41, 5.74) is 1.88. The Kier molecular flexibility index (Phi) is 5.86. The minimum absolute atomic E-state index is 0.0974. The van der Waals surface area contributed by atoms with Gasteiger partial charge >= 0.3 is 0 Å². The predicted octanol–water partition coefficient (Wildman–Crippen LogP) is 6.36. The largest absolute Gasteiger partial charge is 0.457 e. The van der Waals surface area contributed by atoms with Crippen molar-refractivity contribution in [2.45, 2.75) is 6.92 Å². The van der Waals surface area contributed by atoms with Gasteiger partial charge in [0.05, 0.1) is 20.5 Å². The third-order valence-electron chi connectivity index (χ3n) is 4.36. The second-order valence-electron chi connectivity index (χ2n) is 6.54. The fourth-order valence-electron chi connectivity index (χ4n) is 2.85. The minimum atomic E-state index is -0.506. The molecular weight excluding hydrogens is 461 g/mol. The zero-order valence-corrected chi connectivity index (χ0v) is 18.2. The number of nitro groups is 1. The zero-order valence-electron chi connectivity index (χ0n) is 15.9. The number of carbonyl (C=O) groups is 1. The first kappa shape index (κ1) is 21.2. The second-order valence-corrected chi connectivity index (χ2v) is 8.41. The molecule has 1 fully saturated rings. The monoisotopic (exact) mass is 473 g/mol. The van der Waals surface area contributed by atoms with Crippen LogP contribution in [0.15, 0.2) is 62.8 Å². The molecule has 0 radical (unpaired) electrons. The van der Waals surface area contributed by atoms with Crippen molar-refractivity contribution in [2.24, 2.45) is 4.99 Å². The van der Waals surface area contributed by atoms with Crippen LogP contribution in [0, 0.1) is 17.0 Å². The van der Waals surface area contributed by atoms with Crippen molar-refractivity contribution in [3.63, 3.8) is 0 Å². The van der Waals surface area contributed by atoms with Crippen LogP contribution in [0.1, 0.15) is 11.3 Å². The van der Waals surface area contributed by atoms with E-state index in [1.54, 1.807) is 36.4 Å². The lowest BCUT2D eigenvalue weighted by molar-refractivity contribution is -0.384. The first-order valence-corrected chi connectivity index (χ1v) is 10.5. The summed E-state index contributed by atoms with van der Waals surface area (Å²) in [5.74, 6) is 0.454. The average Bonchev–Trinajstić information content (AvgIpc) is 3.31. The molecule has 0 saturated carbocycles. The third kappa shape index (κ3) is 4.66. The van der Waals surface area contributed by atoms with Gasteiger partial charge in [-0.3, -0.25) is 14.9 Å². The Morgan fingerprint density at radius 2 is 1.97 bits per heavy atom. The summed E-state index contributed by atoms with van der Waals surface area (Å²) in [4.78, 5) is 27.7. The van der Waals surface area contributed by atoms with E-state index in [9.17, 15) is 14.9 Å². The predicted molar refractivity (Wildman–Crippen MR) is 123 cm³/mol. The summed E-state index contributed by atoms with van der Waals surface area (Å²) in [6.07, 6.45) is 1.58. The van der Waals surface area contributed by atoms with E-state index in [0.29, 0.717) is 42.9 Å². The van der Waals surface area contributed by atoms with Gasteiger partial charge in [-0.05, 0) is 60.6 Å². The molecule has 0 bridgehead atoms. The molecule has 0 aliphatic carbocycles. The summed E-state index contributed by atoms with van der Waals surface area (Å²) >= 11 is 13.3. The van der Waals surface area contributed by atoms with Crippen LogP contribution in [-0.2, 0) is 4.79 Å². The first-order valence-electron chi connectivity index (χ1n) is 8.90. The zero-order chi connectivity index (χ0) is 22.1. The number of nitrogens with zero attached hydrogens (tertiary/aromatic N) is 2. The Morgan fingerprint density at radius 1 is 1.16 bits per heavy atom. The Labute approximate surface area is 190 Å². The number of amidine groups is 1. The maximum atomic E-state index is 12.3. The number of amides is 1. The van der Waals surface area contributed by atoms with Gasteiger partial charge in [-0.2, -0.15) is 0 Å². The van der Waals surface area contributed by atoms with Crippen molar-refractivity contribution in [3.05, 3.63) is 84.9 Å². The van der Waals surface area contributed by atoms with Crippen LogP contribution >= 0.6 is 35.0 Å². The molecule has 2 heterocycles. The normalized spacial score (nSPS) is 16.2. The van der Waals surface area contributed by atoms with E-state index in [-0.39, 0.29) is 11.6 Å². The van der Waals surface area contributed by atoms with Crippen molar-refractivity contribution in [1.29, 1.82) is 0 Å².